The highest BCUT2D eigenvalue weighted by atomic mass is 32.2. The number of phenolic OH excluding ortho intramolecular Hbond substituents is 1. The van der Waals surface area contributed by atoms with Gasteiger partial charge in [-0.2, -0.15) is 0 Å². The van der Waals surface area contributed by atoms with Crippen LogP contribution in [0.4, 0.5) is 15.8 Å². The van der Waals surface area contributed by atoms with Gasteiger partial charge in [-0.3, -0.25) is 14.7 Å². The molecule has 3 heterocycles. The Morgan fingerprint density at radius 3 is 2.63 bits per heavy atom. The highest BCUT2D eigenvalue weighted by Gasteiger charge is 2.48. The van der Waals surface area contributed by atoms with Gasteiger partial charge in [-0.15, -0.1) is 0 Å². The van der Waals surface area contributed by atoms with Crippen molar-refractivity contribution in [2.75, 3.05) is 16.0 Å². The van der Waals surface area contributed by atoms with Gasteiger partial charge in [0.1, 0.15) is 41.3 Å². The largest absolute Gasteiger partial charge is 0.506 e. The second kappa shape index (κ2) is 10.8. The average Bonchev–Trinajstić information content (AvgIpc) is 3.11. The van der Waals surface area contributed by atoms with Crippen molar-refractivity contribution in [3.8, 4) is 11.5 Å². The monoisotopic (exact) mass is 600 g/mol. The van der Waals surface area contributed by atoms with E-state index in [1.54, 1.807) is 12.1 Å². The number of halogens is 1. The molecule has 0 saturated carbocycles. The molecular formula is C32H29FN4O5S. The summed E-state index contributed by atoms with van der Waals surface area (Å²) in [5.74, 6) is -1.66. The standard InChI is InChI=1S/C32H29FN4O5S/c1-32(2)16-24-30(43(40,41)19-32)29(22-12-11-21(15-23(22)33)42-18-20-7-4-3-5-8-20)37(31(39)25-17-34-13-14-35-25)26-9-6-10-27(38)28(26)36-24/h3-15,17,29,36,38H,16,18-19H2,1-2H3. The number of allylic oxidation sites excluding steroid dienone is 1. The topological polar surface area (TPSA) is 122 Å². The summed E-state index contributed by atoms with van der Waals surface area (Å²) in [6.07, 6.45) is 4.27. The Hall–Kier alpha value is -4.77. The van der Waals surface area contributed by atoms with E-state index in [1.807, 2.05) is 44.2 Å². The van der Waals surface area contributed by atoms with Crippen molar-refractivity contribution in [1.29, 1.82) is 0 Å². The predicted octanol–water partition coefficient (Wildman–Crippen LogP) is 5.77. The summed E-state index contributed by atoms with van der Waals surface area (Å²) < 4.78 is 50.2. The molecule has 3 aromatic carbocycles. The second-order valence-electron chi connectivity index (χ2n) is 11.4. The van der Waals surface area contributed by atoms with E-state index in [9.17, 15) is 18.3 Å². The minimum absolute atomic E-state index is 0.0573. The molecule has 4 aromatic rings. The highest BCUT2D eigenvalue weighted by Crippen LogP contribution is 2.52. The van der Waals surface area contributed by atoms with Gasteiger partial charge in [0.2, 0.25) is 0 Å². The summed E-state index contributed by atoms with van der Waals surface area (Å²) in [6, 6.07) is 16.7. The summed E-state index contributed by atoms with van der Waals surface area (Å²) in [7, 11) is -4.06. The molecule has 220 valence electrons. The van der Waals surface area contributed by atoms with E-state index in [1.165, 1.54) is 47.8 Å². The fourth-order valence-electron chi connectivity index (χ4n) is 5.70. The van der Waals surface area contributed by atoms with E-state index in [2.05, 4.69) is 15.3 Å². The number of carbonyl (C=O) groups excluding carboxylic acids is 1. The van der Waals surface area contributed by atoms with E-state index in [4.69, 9.17) is 4.74 Å². The SMILES string of the molecule is CC1(C)CC2=C(C(c3ccc(OCc4ccccc4)cc3F)N(C(=O)c3cnccn3)c3cccc(O)c3N2)S(=O)(=O)C1. The highest BCUT2D eigenvalue weighted by molar-refractivity contribution is 7.95. The molecule has 1 atom stereocenters. The molecule has 6 rings (SSSR count). The van der Waals surface area contributed by atoms with E-state index in [0.717, 1.165) is 5.56 Å². The van der Waals surface area contributed by atoms with Crippen molar-refractivity contribution in [2.45, 2.75) is 32.9 Å². The van der Waals surface area contributed by atoms with Crippen LogP contribution in [0.25, 0.3) is 0 Å². The third-order valence-corrected chi connectivity index (χ3v) is 9.75. The molecule has 0 radical (unpaired) electrons. The summed E-state index contributed by atoms with van der Waals surface area (Å²) in [5.41, 5.74) is 0.655. The number of aromatic nitrogens is 2. The summed E-state index contributed by atoms with van der Waals surface area (Å²) in [4.78, 5) is 23.4. The normalized spacial score (nSPS) is 18.6. The van der Waals surface area contributed by atoms with E-state index in [0.29, 0.717) is 0 Å². The fraction of sp³-hybridized carbons (Fsp3) is 0.219. The number of sulfone groups is 1. The van der Waals surface area contributed by atoms with Gasteiger partial charge < -0.3 is 15.2 Å². The van der Waals surface area contributed by atoms with Crippen LogP contribution in [0.3, 0.4) is 0 Å². The van der Waals surface area contributed by atoms with Crippen LogP contribution in [-0.4, -0.2) is 35.2 Å². The van der Waals surface area contributed by atoms with Crippen molar-refractivity contribution in [3.63, 3.8) is 0 Å². The summed E-state index contributed by atoms with van der Waals surface area (Å²) in [5, 5.41) is 14.0. The number of benzene rings is 3. The lowest BCUT2D eigenvalue weighted by atomic mass is 9.88. The Labute approximate surface area is 248 Å². The average molecular weight is 601 g/mol. The molecule has 0 saturated heterocycles. The van der Waals surface area contributed by atoms with E-state index >= 15 is 4.39 Å². The molecule has 0 bridgehead atoms. The number of fused-ring (bicyclic) bond motifs is 1. The molecule has 1 unspecified atom stereocenters. The molecule has 0 fully saturated rings. The first-order valence-corrected chi connectivity index (χ1v) is 15.3. The number of para-hydroxylation sites is 1. The Balaban J connectivity index is 1.56. The zero-order valence-electron chi connectivity index (χ0n) is 23.5. The number of aromatic hydroxyl groups is 1. The molecule has 1 aromatic heterocycles. The minimum atomic E-state index is -4.06. The number of anilines is 2. The maximum Gasteiger partial charge on any atom is 0.279 e. The minimum Gasteiger partial charge on any atom is -0.506 e. The number of nitrogens with one attached hydrogen (secondary N) is 1. The van der Waals surface area contributed by atoms with Crippen molar-refractivity contribution >= 4 is 27.1 Å². The van der Waals surface area contributed by atoms with Crippen LogP contribution in [-0.2, 0) is 16.4 Å². The third kappa shape index (κ3) is 5.43. The van der Waals surface area contributed by atoms with Crippen molar-refractivity contribution < 1.29 is 27.4 Å². The molecule has 1 amide bonds. The fourth-order valence-corrected chi connectivity index (χ4v) is 8.06. The molecule has 11 heteroatoms. The van der Waals surface area contributed by atoms with Gasteiger partial charge in [0, 0.05) is 29.7 Å². The maximum atomic E-state index is 16.2. The number of phenols is 1. The number of rotatable bonds is 5. The summed E-state index contributed by atoms with van der Waals surface area (Å²) >= 11 is 0. The molecule has 2 aliphatic heterocycles. The third-order valence-electron chi connectivity index (χ3n) is 7.45. The van der Waals surface area contributed by atoms with Gasteiger partial charge in [0.05, 0.1) is 22.5 Å². The molecule has 0 aliphatic carbocycles. The van der Waals surface area contributed by atoms with Crippen LogP contribution in [0.2, 0.25) is 0 Å². The molecule has 2 aliphatic rings. The smallest absolute Gasteiger partial charge is 0.279 e. The number of hydrogen-bond donors (Lipinski definition) is 2. The van der Waals surface area contributed by atoms with Crippen molar-refractivity contribution in [3.05, 3.63) is 119 Å². The number of amides is 1. The van der Waals surface area contributed by atoms with E-state index in [-0.39, 0.29) is 63.5 Å². The quantitative estimate of drug-likeness (QED) is 0.277. The van der Waals surface area contributed by atoms with Gasteiger partial charge in [-0.05, 0) is 41.7 Å². The molecule has 2 N–H and O–H groups in total. The zero-order valence-corrected chi connectivity index (χ0v) is 24.3. The van der Waals surface area contributed by atoms with Crippen LogP contribution < -0.4 is 15.0 Å². The first-order valence-electron chi connectivity index (χ1n) is 13.6. The van der Waals surface area contributed by atoms with Crippen LogP contribution in [0.15, 0.2) is 95.9 Å². The molecular weight excluding hydrogens is 571 g/mol. The molecule has 9 nitrogen and oxygen atoms in total. The first-order chi connectivity index (χ1) is 20.5. The lowest BCUT2D eigenvalue weighted by molar-refractivity contribution is 0.0975. The van der Waals surface area contributed by atoms with Crippen molar-refractivity contribution in [1.82, 2.24) is 9.97 Å². The van der Waals surface area contributed by atoms with Gasteiger partial charge in [0.25, 0.3) is 5.91 Å². The number of hydrogen-bond acceptors (Lipinski definition) is 8. The number of ether oxygens (including phenoxy) is 1. The van der Waals surface area contributed by atoms with Crippen LogP contribution >= 0.6 is 0 Å². The first kappa shape index (κ1) is 28.4. The van der Waals surface area contributed by atoms with E-state index < -0.39 is 33.0 Å². The Bertz CT molecular complexity index is 1850. The Morgan fingerprint density at radius 1 is 1.12 bits per heavy atom. The number of nitrogens with zero attached hydrogens (tertiary/aromatic N) is 3. The van der Waals surface area contributed by atoms with Crippen LogP contribution in [0, 0.1) is 11.2 Å². The van der Waals surface area contributed by atoms with Crippen LogP contribution in [0.5, 0.6) is 11.5 Å². The molecule has 0 spiro atoms. The van der Waals surface area contributed by atoms with Gasteiger partial charge >= 0.3 is 0 Å². The van der Waals surface area contributed by atoms with Gasteiger partial charge in [-0.25, -0.2) is 17.8 Å². The lowest BCUT2D eigenvalue weighted by Crippen LogP contribution is -2.41. The predicted molar refractivity (Wildman–Crippen MR) is 160 cm³/mol. The Kier molecular flexibility index (Phi) is 7.13. The van der Waals surface area contributed by atoms with Gasteiger partial charge in [-0.1, -0.05) is 50.2 Å². The van der Waals surface area contributed by atoms with Crippen molar-refractivity contribution in [2.24, 2.45) is 5.41 Å². The van der Waals surface area contributed by atoms with Gasteiger partial charge in [0.15, 0.2) is 9.84 Å². The summed E-state index contributed by atoms with van der Waals surface area (Å²) in [6.45, 7) is 3.85. The Morgan fingerprint density at radius 2 is 1.91 bits per heavy atom. The molecule has 43 heavy (non-hydrogen) atoms. The van der Waals surface area contributed by atoms with Crippen LogP contribution in [0.1, 0.15) is 47.9 Å². The maximum absolute atomic E-state index is 16.2. The zero-order chi connectivity index (χ0) is 30.4. The lowest BCUT2D eigenvalue weighted by Gasteiger charge is -2.37. The number of carbonyl (C=O) groups is 1. The second-order valence-corrected chi connectivity index (χ2v) is 13.3.